The fourth-order valence-electron chi connectivity index (χ4n) is 1.72. The Morgan fingerprint density at radius 2 is 2.21 bits per heavy atom. The minimum Gasteiger partial charge on any atom is -0.437 e. The van der Waals surface area contributed by atoms with Crippen LogP contribution in [0.15, 0.2) is 30.6 Å². The summed E-state index contributed by atoms with van der Waals surface area (Å²) < 4.78 is 5.80. The fourth-order valence-corrected chi connectivity index (χ4v) is 2.59. The number of aryl methyl sites for hydroxylation is 1. The molecule has 0 bridgehead atoms. The number of hydrogen-bond donors (Lipinski definition) is 1. The van der Waals surface area contributed by atoms with Crippen LogP contribution in [0.1, 0.15) is 4.88 Å². The van der Waals surface area contributed by atoms with E-state index in [0.29, 0.717) is 17.6 Å². The maximum absolute atomic E-state index is 5.80. The first-order valence-corrected chi connectivity index (χ1v) is 6.62. The van der Waals surface area contributed by atoms with Gasteiger partial charge in [-0.1, -0.05) is 0 Å². The van der Waals surface area contributed by atoms with E-state index in [1.165, 1.54) is 4.88 Å². The molecule has 96 valence electrons. The van der Waals surface area contributed by atoms with E-state index < -0.39 is 0 Å². The van der Waals surface area contributed by atoms with Gasteiger partial charge in [0.05, 0.1) is 11.6 Å². The molecule has 0 saturated heterocycles. The van der Waals surface area contributed by atoms with E-state index in [1.807, 2.05) is 25.1 Å². The molecule has 0 aliphatic carbocycles. The van der Waals surface area contributed by atoms with Gasteiger partial charge in [-0.2, -0.15) is 4.98 Å². The van der Waals surface area contributed by atoms with Gasteiger partial charge in [0.15, 0.2) is 0 Å². The average Bonchev–Trinajstić information content (AvgIpc) is 2.80. The number of ether oxygens (including phenoxy) is 1. The van der Waals surface area contributed by atoms with Crippen LogP contribution in [0.4, 0.5) is 5.95 Å². The molecule has 3 heterocycles. The van der Waals surface area contributed by atoms with Crippen LogP contribution in [0.5, 0.6) is 11.6 Å². The number of rotatable bonds is 3. The van der Waals surface area contributed by atoms with Gasteiger partial charge in [0.1, 0.15) is 10.6 Å². The van der Waals surface area contributed by atoms with E-state index >= 15 is 0 Å². The molecule has 0 fully saturated rings. The summed E-state index contributed by atoms with van der Waals surface area (Å²) in [7, 11) is 1.79. The zero-order chi connectivity index (χ0) is 13.2. The van der Waals surface area contributed by atoms with Gasteiger partial charge in [-0.3, -0.25) is 4.98 Å². The topological polar surface area (TPSA) is 59.9 Å². The second kappa shape index (κ2) is 4.81. The molecule has 1 N–H and O–H groups in total. The Balaban J connectivity index is 2.10. The van der Waals surface area contributed by atoms with Gasteiger partial charge < -0.3 is 10.1 Å². The number of nitrogens with one attached hydrogen (secondary N) is 1. The second-order valence-electron chi connectivity index (χ2n) is 3.97. The summed E-state index contributed by atoms with van der Waals surface area (Å²) in [5.74, 6) is 1.76. The van der Waals surface area contributed by atoms with Crippen LogP contribution in [-0.2, 0) is 0 Å². The molecule has 0 radical (unpaired) electrons. The molecule has 5 nitrogen and oxygen atoms in total. The summed E-state index contributed by atoms with van der Waals surface area (Å²) in [5.41, 5.74) is 0. The summed E-state index contributed by atoms with van der Waals surface area (Å²) in [6.07, 6.45) is 3.36. The van der Waals surface area contributed by atoms with Gasteiger partial charge in [-0.05, 0) is 25.1 Å². The highest BCUT2D eigenvalue weighted by molar-refractivity contribution is 7.18. The number of thiophene rings is 1. The minimum absolute atomic E-state index is 0.548. The molecule has 0 spiro atoms. The smallest absolute Gasteiger partial charge is 0.232 e. The maximum Gasteiger partial charge on any atom is 0.232 e. The lowest BCUT2D eigenvalue weighted by atomic mass is 10.3. The third kappa shape index (κ3) is 2.34. The zero-order valence-corrected chi connectivity index (χ0v) is 11.4. The number of pyridine rings is 1. The van der Waals surface area contributed by atoms with Crippen LogP contribution >= 0.6 is 11.3 Å². The molecule has 0 atom stereocenters. The third-order valence-electron chi connectivity index (χ3n) is 2.55. The molecule has 0 unspecified atom stereocenters. The van der Waals surface area contributed by atoms with E-state index in [-0.39, 0.29) is 0 Å². The number of aromatic nitrogens is 3. The average molecular weight is 272 g/mol. The Morgan fingerprint density at radius 3 is 2.95 bits per heavy atom. The molecule has 0 saturated carbocycles. The summed E-state index contributed by atoms with van der Waals surface area (Å²) in [5, 5.41) is 3.86. The van der Waals surface area contributed by atoms with Gasteiger partial charge >= 0.3 is 0 Å². The van der Waals surface area contributed by atoms with Gasteiger partial charge in [-0.25, -0.2) is 4.98 Å². The van der Waals surface area contributed by atoms with Crippen LogP contribution < -0.4 is 10.1 Å². The molecule has 0 aliphatic rings. The van der Waals surface area contributed by atoms with Crippen molar-refractivity contribution in [2.75, 3.05) is 12.4 Å². The van der Waals surface area contributed by atoms with Crippen molar-refractivity contribution in [2.45, 2.75) is 6.92 Å². The maximum atomic E-state index is 5.80. The highest BCUT2D eigenvalue weighted by Gasteiger charge is 2.12. The van der Waals surface area contributed by atoms with Crippen LogP contribution in [0.25, 0.3) is 10.2 Å². The first-order valence-electron chi connectivity index (χ1n) is 5.80. The lowest BCUT2D eigenvalue weighted by Gasteiger charge is -2.06. The van der Waals surface area contributed by atoms with Crippen molar-refractivity contribution < 1.29 is 4.74 Å². The SMILES string of the molecule is CNc1nc(Oc2cccnc2)c2cc(C)sc2n1. The van der Waals surface area contributed by atoms with Gasteiger partial charge in [-0.15, -0.1) is 11.3 Å². The first-order chi connectivity index (χ1) is 9.26. The molecule has 3 aromatic rings. The first kappa shape index (κ1) is 11.9. The van der Waals surface area contributed by atoms with Crippen LogP contribution in [-0.4, -0.2) is 22.0 Å². The molecular formula is C13H12N4OS. The molecular weight excluding hydrogens is 260 g/mol. The standard InChI is InChI=1S/C13H12N4OS/c1-8-6-10-11(18-9-4-3-5-15-7-9)16-13(14-2)17-12(10)19-8/h3-7H,1-2H3,(H,14,16,17). The lowest BCUT2D eigenvalue weighted by molar-refractivity contribution is 0.467. The van der Waals surface area contributed by atoms with Gasteiger partial charge in [0, 0.05) is 18.1 Å². The number of hydrogen-bond acceptors (Lipinski definition) is 6. The van der Waals surface area contributed by atoms with Crippen molar-refractivity contribution in [3.05, 3.63) is 35.5 Å². The fraction of sp³-hybridized carbons (Fsp3) is 0.154. The molecule has 0 amide bonds. The van der Waals surface area contributed by atoms with E-state index in [1.54, 1.807) is 30.8 Å². The Labute approximate surface area is 114 Å². The largest absolute Gasteiger partial charge is 0.437 e. The van der Waals surface area contributed by atoms with Gasteiger partial charge in [0.2, 0.25) is 11.8 Å². The van der Waals surface area contributed by atoms with E-state index in [2.05, 4.69) is 20.3 Å². The van der Waals surface area contributed by atoms with E-state index in [9.17, 15) is 0 Å². The van der Waals surface area contributed by atoms with Gasteiger partial charge in [0.25, 0.3) is 0 Å². The molecule has 6 heteroatoms. The van der Waals surface area contributed by atoms with Crippen LogP contribution in [0, 0.1) is 6.92 Å². The summed E-state index contributed by atoms with van der Waals surface area (Å²) in [6.45, 7) is 2.04. The monoisotopic (exact) mass is 272 g/mol. The zero-order valence-electron chi connectivity index (χ0n) is 10.5. The Hall–Kier alpha value is -2.21. The van der Waals surface area contributed by atoms with Crippen LogP contribution in [0.3, 0.4) is 0 Å². The minimum atomic E-state index is 0.548. The Bertz CT molecular complexity index is 711. The van der Waals surface area contributed by atoms with E-state index in [0.717, 1.165) is 10.2 Å². The van der Waals surface area contributed by atoms with E-state index in [4.69, 9.17) is 4.74 Å². The lowest BCUT2D eigenvalue weighted by Crippen LogP contribution is -1.98. The van der Waals surface area contributed by atoms with Crippen molar-refractivity contribution in [2.24, 2.45) is 0 Å². The highest BCUT2D eigenvalue weighted by Crippen LogP contribution is 2.33. The predicted molar refractivity (Wildman–Crippen MR) is 76.0 cm³/mol. The van der Waals surface area contributed by atoms with Crippen LogP contribution in [0.2, 0.25) is 0 Å². The molecule has 19 heavy (non-hydrogen) atoms. The molecule has 0 aromatic carbocycles. The second-order valence-corrected chi connectivity index (χ2v) is 5.20. The predicted octanol–water partition coefficient (Wildman–Crippen LogP) is 3.23. The van der Waals surface area contributed by atoms with Crippen molar-refractivity contribution >= 4 is 27.5 Å². The molecule has 3 aromatic heterocycles. The number of anilines is 1. The summed E-state index contributed by atoms with van der Waals surface area (Å²) in [4.78, 5) is 14.9. The highest BCUT2D eigenvalue weighted by atomic mass is 32.1. The number of fused-ring (bicyclic) bond motifs is 1. The van der Waals surface area contributed by atoms with Crippen molar-refractivity contribution in [1.82, 2.24) is 15.0 Å². The number of nitrogens with zero attached hydrogens (tertiary/aromatic N) is 3. The Kier molecular flexibility index (Phi) is 3.00. The van der Waals surface area contributed by atoms with Crippen molar-refractivity contribution in [3.63, 3.8) is 0 Å². The molecule has 0 aliphatic heterocycles. The quantitative estimate of drug-likeness (QED) is 0.793. The summed E-state index contributed by atoms with van der Waals surface area (Å²) in [6, 6.07) is 5.70. The van der Waals surface area contributed by atoms with Crippen molar-refractivity contribution in [1.29, 1.82) is 0 Å². The molecule has 3 rings (SSSR count). The Morgan fingerprint density at radius 1 is 1.32 bits per heavy atom. The summed E-state index contributed by atoms with van der Waals surface area (Å²) >= 11 is 1.62. The normalized spacial score (nSPS) is 10.6. The van der Waals surface area contributed by atoms with Crippen molar-refractivity contribution in [3.8, 4) is 11.6 Å². The third-order valence-corrected chi connectivity index (χ3v) is 3.50.